The van der Waals surface area contributed by atoms with Crippen LogP contribution >= 0.6 is 0 Å². The molecular weight excluding hydrogens is 190 g/mol. The van der Waals surface area contributed by atoms with Crippen molar-refractivity contribution in [2.24, 2.45) is 0 Å². The minimum atomic E-state index is -0.627. The zero-order chi connectivity index (χ0) is 11.5. The van der Waals surface area contributed by atoms with Crippen LogP contribution in [0.5, 0.6) is 0 Å². The van der Waals surface area contributed by atoms with Crippen LogP contribution in [-0.4, -0.2) is 29.6 Å². The Bertz CT molecular complexity index is 378. The van der Waals surface area contributed by atoms with Gasteiger partial charge in [0.1, 0.15) is 23.5 Å². The summed E-state index contributed by atoms with van der Waals surface area (Å²) in [7, 11) is 3.81. The van der Waals surface area contributed by atoms with Gasteiger partial charge >= 0.3 is 0 Å². The van der Waals surface area contributed by atoms with Crippen LogP contribution in [0, 0.1) is 11.3 Å². The van der Waals surface area contributed by atoms with E-state index < -0.39 is 5.54 Å². The lowest BCUT2D eigenvalue weighted by atomic mass is 10.1. The minimum Gasteiger partial charge on any atom is -0.363 e. The monoisotopic (exact) mass is 205 g/mol. The first-order chi connectivity index (χ1) is 6.94. The molecule has 5 heteroatoms. The quantitative estimate of drug-likeness (QED) is 0.804. The molecule has 0 aromatic carbocycles. The van der Waals surface area contributed by atoms with Gasteiger partial charge in [-0.25, -0.2) is 9.97 Å². The lowest BCUT2D eigenvalue weighted by Crippen LogP contribution is -2.29. The van der Waals surface area contributed by atoms with E-state index in [-0.39, 0.29) is 0 Å². The van der Waals surface area contributed by atoms with E-state index in [0.29, 0.717) is 5.82 Å². The van der Waals surface area contributed by atoms with Crippen molar-refractivity contribution in [1.29, 1.82) is 5.26 Å². The molecule has 1 rings (SSSR count). The lowest BCUT2D eigenvalue weighted by Gasteiger charge is -2.19. The molecule has 5 nitrogen and oxygen atoms in total. The lowest BCUT2D eigenvalue weighted by molar-refractivity contribution is 0.722. The fourth-order valence-electron chi connectivity index (χ4n) is 1.01. The van der Waals surface area contributed by atoms with Crippen molar-refractivity contribution in [3.63, 3.8) is 0 Å². The van der Waals surface area contributed by atoms with Crippen LogP contribution < -0.4 is 10.2 Å². The van der Waals surface area contributed by atoms with Gasteiger partial charge in [0.15, 0.2) is 0 Å². The normalized spacial score (nSPS) is 10.6. The number of hydrogen-bond acceptors (Lipinski definition) is 5. The van der Waals surface area contributed by atoms with Crippen LogP contribution in [-0.2, 0) is 0 Å². The topological polar surface area (TPSA) is 64.8 Å². The van der Waals surface area contributed by atoms with Gasteiger partial charge in [0.05, 0.1) is 6.07 Å². The van der Waals surface area contributed by atoms with E-state index in [9.17, 15) is 0 Å². The number of aromatic nitrogens is 2. The largest absolute Gasteiger partial charge is 0.363 e. The van der Waals surface area contributed by atoms with Crippen LogP contribution in [0.2, 0.25) is 0 Å². The highest BCUT2D eigenvalue weighted by atomic mass is 15.2. The number of anilines is 2. The number of nitrogens with one attached hydrogen (secondary N) is 1. The molecule has 0 bridgehead atoms. The fourth-order valence-corrected chi connectivity index (χ4v) is 1.01. The Morgan fingerprint density at radius 2 is 2.07 bits per heavy atom. The van der Waals surface area contributed by atoms with Crippen LogP contribution in [0.25, 0.3) is 0 Å². The molecule has 1 heterocycles. The molecule has 1 N–H and O–H groups in total. The molecule has 0 radical (unpaired) electrons. The van der Waals surface area contributed by atoms with Crippen molar-refractivity contribution < 1.29 is 0 Å². The predicted octanol–water partition coefficient (Wildman–Crippen LogP) is 1.26. The Hall–Kier alpha value is -1.83. The predicted molar refractivity (Wildman–Crippen MR) is 59.7 cm³/mol. The molecule has 0 aliphatic rings. The molecule has 1 aromatic rings. The SMILES string of the molecule is CN(C)c1cc(NC(C)(C)C#N)ncn1. The number of hydrogen-bond donors (Lipinski definition) is 1. The molecule has 0 spiro atoms. The summed E-state index contributed by atoms with van der Waals surface area (Å²) in [6, 6.07) is 3.96. The average Bonchev–Trinajstić information content (AvgIpc) is 2.17. The number of nitrogens with zero attached hydrogens (tertiary/aromatic N) is 4. The van der Waals surface area contributed by atoms with E-state index in [1.54, 1.807) is 19.9 Å². The first kappa shape index (κ1) is 11.2. The van der Waals surface area contributed by atoms with Crippen molar-refractivity contribution in [3.8, 4) is 6.07 Å². The molecule has 0 unspecified atom stereocenters. The summed E-state index contributed by atoms with van der Waals surface area (Å²) in [4.78, 5) is 10.0. The smallest absolute Gasteiger partial charge is 0.133 e. The van der Waals surface area contributed by atoms with Gasteiger partial charge in [-0.3, -0.25) is 0 Å². The van der Waals surface area contributed by atoms with Gasteiger partial charge in [0, 0.05) is 20.2 Å². The Balaban J connectivity index is 2.88. The standard InChI is InChI=1S/C10H15N5/c1-10(2,6-11)14-8-5-9(15(3)4)13-7-12-8/h5,7H,1-4H3,(H,12,13,14). The zero-order valence-corrected chi connectivity index (χ0v) is 9.44. The van der Waals surface area contributed by atoms with E-state index in [4.69, 9.17) is 5.26 Å². The van der Waals surface area contributed by atoms with Crippen LogP contribution in [0.4, 0.5) is 11.6 Å². The molecule has 0 saturated heterocycles. The third-order valence-electron chi connectivity index (χ3n) is 1.83. The Kier molecular flexibility index (Phi) is 3.10. The van der Waals surface area contributed by atoms with E-state index >= 15 is 0 Å². The first-order valence-electron chi connectivity index (χ1n) is 4.63. The molecular formula is C10H15N5. The maximum atomic E-state index is 8.87. The number of rotatable bonds is 3. The summed E-state index contributed by atoms with van der Waals surface area (Å²) in [6.07, 6.45) is 1.48. The van der Waals surface area contributed by atoms with Crippen LogP contribution in [0.1, 0.15) is 13.8 Å². The van der Waals surface area contributed by atoms with E-state index in [1.807, 2.05) is 19.0 Å². The highest BCUT2D eigenvalue weighted by molar-refractivity contribution is 5.49. The summed E-state index contributed by atoms with van der Waals surface area (Å²) in [5.41, 5.74) is -0.627. The third-order valence-corrected chi connectivity index (χ3v) is 1.83. The van der Waals surface area contributed by atoms with Crippen molar-refractivity contribution in [2.75, 3.05) is 24.3 Å². The number of nitriles is 1. The zero-order valence-electron chi connectivity index (χ0n) is 9.44. The van der Waals surface area contributed by atoms with Crippen molar-refractivity contribution in [1.82, 2.24) is 9.97 Å². The van der Waals surface area contributed by atoms with E-state index in [2.05, 4.69) is 21.4 Å². The molecule has 80 valence electrons. The Morgan fingerprint density at radius 1 is 1.40 bits per heavy atom. The molecule has 15 heavy (non-hydrogen) atoms. The highest BCUT2D eigenvalue weighted by Gasteiger charge is 2.16. The maximum absolute atomic E-state index is 8.87. The van der Waals surface area contributed by atoms with Gasteiger partial charge in [-0.1, -0.05) is 0 Å². The Morgan fingerprint density at radius 3 is 2.60 bits per heavy atom. The molecule has 0 aliphatic carbocycles. The Labute approximate surface area is 89.8 Å². The molecule has 1 aromatic heterocycles. The van der Waals surface area contributed by atoms with Gasteiger partial charge in [-0.2, -0.15) is 5.26 Å². The van der Waals surface area contributed by atoms with Crippen molar-refractivity contribution in [2.45, 2.75) is 19.4 Å². The maximum Gasteiger partial charge on any atom is 0.133 e. The first-order valence-corrected chi connectivity index (χ1v) is 4.63. The second-order valence-corrected chi connectivity index (χ2v) is 4.02. The second-order valence-electron chi connectivity index (χ2n) is 4.02. The van der Waals surface area contributed by atoms with Gasteiger partial charge in [0.2, 0.25) is 0 Å². The summed E-state index contributed by atoms with van der Waals surface area (Å²) >= 11 is 0. The summed E-state index contributed by atoms with van der Waals surface area (Å²) in [6.45, 7) is 3.59. The molecule has 0 aliphatic heterocycles. The van der Waals surface area contributed by atoms with E-state index in [1.165, 1.54) is 6.33 Å². The van der Waals surface area contributed by atoms with E-state index in [0.717, 1.165) is 5.82 Å². The summed E-state index contributed by atoms with van der Waals surface area (Å²) < 4.78 is 0. The average molecular weight is 205 g/mol. The summed E-state index contributed by atoms with van der Waals surface area (Å²) in [5.74, 6) is 1.46. The molecule has 0 saturated carbocycles. The molecule has 0 amide bonds. The minimum absolute atomic E-state index is 0.627. The van der Waals surface area contributed by atoms with Crippen LogP contribution in [0.3, 0.4) is 0 Å². The highest BCUT2D eigenvalue weighted by Crippen LogP contribution is 2.15. The van der Waals surface area contributed by atoms with Gasteiger partial charge < -0.3 is 10.2 Å². The van der Waals surface area contributed by atoms with Gasteiger partial charge in [-0.15, -0.1) is 0 Å². The molecule has 0 atom stereocenters. The second kappa shape index (κ2) is 4.13. The molecule has 0 fully saturated rings. The van der Waals surface area contributed by atoms with Crippen molar-refractivity contribution >= 4 is 11.6 Å². The van der Waals surface area contributed by atoms with Crippen LogP contribution in [0.15, 0.2) is 12.4 Å². The van der Waals surface area contributed by atoms with Gasteiger partial charge in [0.25, 0.3) is 0 Å². The fraction of sp³-hybridized carbons (Fsp3) is 0.500. The van der Waals surface area contributed by atoms with Crippen molar-refractivity contribution in [3.05, 3.63) is 12.4 Å². The third kappa shape index (κ3) is 3.09. The summed E-state index contributed by atoms with van der Waals surface area (Å²) in [5, 5.41) is 11.9. The van der Waals surface area contributed by atoms with Gasteiger partial charge in [-0.05, 0) is 13.8 Å².